The van der Waals surface area contributed by atoms with Crippen molar-refractivity contribution in [2.45, 2.75) is 13.8 Å². The van der Waals surface area contributed by atoms with E-state index in [0.29, 0.717) is 29.4 Å². The number of hydrogen-bond acceptors (Lipinski definition) is 4. The predicted molar refractivity (Wildman–Crippen MR) is 111 cm³/mol. The monoisotopic (exact) mass is 368 g/mol. The molecular weight excluding hydrogens is 348 g/mol. The smallest absolute Gasteiger partial charge is 0.342 e. The highest BCUT2D eigenvalue weighted by molar-refractivity contribution is 5.99. The molecule has 0 unspecified atom stereocenters. The van der Waals surface area contributed by atoms with Gasteiger partial charge in [-0.1, -0.05) is 72.8 Å². The minimum Gasteiger partial charge on any atom is -0.462 e. The summed E-state index contributed by atoms with van der Waals surface area (Å²) in [6.45, 7) is 3.92. The Morgan fingerprint density at radius 1 is 0.893 bits per heavy atom. The average Bonchev–Trinajstić information content (AvgIpc) is 2.73. The molecule has 0 N–H and O–H groups in total. The Balaban J connectivity index is 1.98. The lowest BCUT2D eigenvalue weighted by Crippen LogP contribution is -2.12. The molecule has 1 aromatic heterocycles. The lowest BCUT2D eigenvalue weighted by molar-refractivity contribution is 0.0525. The minimum absolute atomic E-state index is 0.303. The van der Waals surface area contributed by atoms with Crippen molar-refractivity contribution in [3.8, 4) is 22.6 Å². The zero-order valence-corrected chi connectivity index (χ0v) is 15.8. The number of rotatable bonds is 4. The summed E-state index contributed by atoms with van der Waals surface area (Å²) in [5.41, 5.74) is 3.41. The molecule has 28 heavy (non-hydrogen) atoms. The van der Waals surface area contributed by atoms with Gasteiger partial charge in [-0.05, 0) is 24.6 Å². The number of esters is 1. The third-order valence-electron chi connectivity index (χ3n) is 4.65. The second-order valence-corrected chi connectivity index (χ2v) is 6.47. The maximum absolute atomic E-state index is 12.6. The van der Waals surface area contributed by atoms with Gasteiger partial charge in [0.25, 0.3) is 0 Å². The second-order valence-electron chi connectivity index (χ2n) is 6.47. The van der Waals surface area contributed by atoms with Crippen molar-refractivity contribution >= 4 is 16.7 Å². The lowest BCUT2D eigenvalue weighted by atomic mass is 10.0. The van der Waals surface area contributed by atoms with Crippen LogP contribution in [0.1, 0.15) is 23.0 Å². The summed E-state index contributed by atoms with van der Waals surface area (Å²) in [5, 5.41) is 2.20. The summed E-state index contributed by atoms with van der Waals surface area (Å²) in [6, 6.07) is 23.9. The Kier molecular flexibility index (Phi) is 4.85. The predicted octanol–water partition coefficient (Wildman–Crippen LogP) is 5.45. The van der Waals surface area contributed by atoms with Crippen molar-refractivity contribution in [1.29, 1.82) is 0 Å². The molecule has 1 heterocycles. The molecule has 4 rings (SSSR count). The topological polar surface area (TPSA) is 52.1 Å². The molecule has 0 atom stereocenters. The number of carbonyl (C=O) groups is 1. The molecule has 138 valence electrons. The van der Waals surface area contributed by atoms with Crippen LogP contribution in [0.15, 0.2) is 72.8 Å². The molecule has 0 aliphatic rings. The number of carbonyl (C=O) groups excluding carboxylic acids is 1. The van der Waals surface area contributed by atoms with E-state index in [0.717, 1.165) is 21.9 Å². The van der Waals surface area contributed by atoms with Crippen molar-refractivity contribution < 1.29 is 9.53 Å². The van der Waals surface area contributed by atoms with Crippen LogP contribution in [-0.4, -0.2) is 22.5 Å². The van der Waals surface area contributed by atoms with Gasteiger partial charge < -0.3 is 4.74 Å². The first kappa shape index (κ1) is 17.9. The second kappa shape index (κ2) is 7.61. The van der Waals surface area contributed by atoms with Gasteiger partial charge in [0.05, 0.1) is 18.0 Å². The quantitative estimate of drug-likeness (QED) is 0.450. The Morgan fingerprint density at radius 2 is 1.61 bits per heavy atom. The Bertz CT molecular complexity index is 1150. The van der Waals surface area contributed by atoms with Gasteiger partial charge in [0, 0.05) is 11.1 Å². The number of aromatic nitrogens is 2. The van der Waals surface area contributed by atoms with Crippen molar-refractivity contribution in [1.82, 2.24) is 9.97 Å². The molecule has 0 aliphatic carbocycles. The van der Waals surface area contributed by atoms with Gasteiger partial charge >= 0.3 is 5.97 Å². The van der Waals surface area contributed by atoms with Crippen LogP contribution in [0.4, 0.5) is 0 Å². The van der Waals surface area contributed by atoms with Gasteiger partial charge in [0.2, 0.25) is 0 Å². The molecule has 0 saturated heterocycles. The molecule has 4 nitrogen and oxygen atoms in total. The highest BCUT2D eigenvalue weighted by Gasteiger charge is 2.22. The van der Waals surface area contributed by atoms with Gasteiger partial charge in [0.1, 0.15) is 5.56 Å². The highest BCUT2D eigenvalue weighted by Crippen LogP contribution is 2.31. The maximum Gasteiger partial charge on any atom is 0.342 e. The fourth-order valence-corrected chi connectivity index (χ4v) is 3.37. The molecular formula is C24H20N2O2. The van der Waals surface area contributed by atoms with Crippen LogP contribution in [0.2, 0.25) is 0 Å². The van der Waals surface area contributed by atoms with E-state index in [4.69, 9.17) is 9.72 Å². The third-order valence-corrected chi connectivity index (χ3v) is 4.65. The Morgan fingerprint density at radius 3 is 2.39 bits per heavy atom. The molecule has 0 spiro atoms. The van der Waals surface area contributed by atoms with Crippen molar-refractivity contribution in [3.05, 3.63) is 84.1 Å². The van der Waals surface area contributed by atoms with E-state index in [-0.39, 0.29) is 0 Å². The van der Waals surface area contributed by atoms with Crippen LogP contribution in [0.5, 0.6) is 0 Å². The molecule has 0 amide bonds. The fraction of sp³-hybridized carbons (Fsp3) is 0.125. The van der Waals surface area contributed by atoms with E-state index in [1.165, 1.54) is 0 Å². The summed E-state index contributed by atoms with van der Waals surface area (Å²) in [5.74, 6) is 0.199. The number of hydrogen-bond donors (Lipinski definition) is 0. The normalized spacial score (nSPS) is 10.8. The van der Waals surface area contributed by atoms with Crippen LogP contribution >= 0.6 is 0 Å². The minimum atomic E-state index is -0.400. The summed E-state index contributed by atoms with van der Waals surface area (Å²) in [7, 11) is 0. The van der Waals surface area contributed by atoms with E-state index in [1.54, 1.807) is 6.92 Å². The molecule has 3 aromatic carbocycles. The van der Waals surface area contributed by atoms with Crippen molar-refractivity contribution in [2.75, 3.05) is 6.61 Å². The Labute approximate surface area is 163 Å². The third kappa shape index (κ3) is 3.25. The summed E-state index contributed by atoms with van der Waals surface area (Å²) in [4.78, 5) is 22.1. The summed E-state index contributed by atoms with van der Waals surface area (Å²) in [6.07, 6.45) is 0. The first-order valence-electron chi connectivity index (χ1n) is 9.28. The number of fused-ring (bicyclic) bond motifs is 1. The number of benzene rings is 3. The van der Waals surface area contributed by atoms with Gasteiger partial charge in [-0.15, -0.1) is 0 Å². The van der Waals surface area contributed by atoms with Crippen molar-refractivity contribution in [3.63, 3.8) is 0 Å². The number of nitrogens with zero attached hydrogens (tertiary/aromatic N) is 2. The zero-order valence-electron chi connectivity index (χ0n) is 15.8. The largest absolute Gasteiger partial charge is 0.462 e. The SMILES string of the molecule is CCOC(=O)c1c(C)nc(-c2cccc3ccccc23)nc1-c1ccccc1. The highest BCUT2D eigenvalue weighted by atomic mass is 16.5. The van der Waals surface area contributed by atoms with Crippen molar-refractivity contribution in [2.24, 2.45) is 0 Å². The number of aryl methyl sites for hydroxylation is 1. The molecule has 0 aliphatic heterocycles. The van der Waals surface area contributed by atoms with Crippen LogP contribution in [0.3, 0.4) is 0 Å². The van der Waals surface area contributed by atoms with E-state index < -0.39 is 5.97 Å². The summed E-state index contributed by atoms with van der Waals surface area (Å²) >= 11 is 0. The fourth-order valence-electron chi connectivity index (χ4n) is 3.37. The van der Waals surface area contributed by atoms with E-state index in [1.807, 2.05) is 61.5 Å². The zero-order chi connectivity index (χ0) is 19.5. The van der Waals surface area contributed by atoms with Crippen LogP contribution in [0, 0.1) is 6.92 Å². The molecule has 0 bridgehead atoms. The van der Waals surface area contributed by atoms with Gasteiger partial charge in [0.15, 0.2) is 5.82 Å². The van der Waals surface area contributed by atoms with Gasteiger partial charge in [-0.2, -0.15) is 0 Å². The van der Waals surface area contributed by atoms with E-state index in [9.17, 15) is 4.79 Å². The molecule has 4 heteroatoms. The summed E-state index contributed by atoms with van der Waals surface area (Å²) < 4.78 is 5.27. The molecule has 0 saturated carbocycles. The molecule has 4 aromatic rings. The first-order chi connectivity index (χ1) is 13.7. The van der Waals surface area contributed by atoms with Crippen LogP contribution in [0.25, 0.3) is 33.4 Å². The first-order valence-corrected chi connectivity index (χ1v) is 9.28. The maximum atomic E-state index is 12.6. The van der Waals surface area contributed by atoms with E-state index >= 15 is 0 Å². The lowest BCUT2D eigenvalue weighted by Gasteiger charge is -2.14. The van der Waals surface area contributed by atoms with E-state index in [2.05, 4.69) is 23.2 Å². The van der Waals surface area contributed by atoms with Gasteiger partial charge in [-0.25, -0.2) is 14.8 Å². The van der Waals surface area contributed by atoms with Crippen LogP contribution in [-0.2, 0) is 4.74 Å². The average molecular weight is 368 g/mol. The Hall–Kier alpha value is -3.53. The van der Waals surface area contributed by atoms with Gasteiger partial charge in [-0.3, -0.25) is 0 Å². The number of ether oxygens (including phenoxy) is 1. The molecule has 0 fully saturated rings. The standard InChI is InChI=1S/C24H20N2O2/c1-3-28-24(27)21-16(2)25-23(26-22(21)18-11-5-4-6-12-18)20-15-9-13-17-10-7-8-14-19(17)20/h4-15H,3H2,1-2H3. The molecule has 0 radical (unpaired) electrons. The van der Waals surface area contributed by atoms with Crippen LogP contribution < -0.4 is 0 Å².